The molecule has 0 atom stereocenters. The third kappa shape index (κ3) is 8.18. The van der Waals surface area contributed by atoms with E-state index in [1.807, 2.05) is 5.32 Å². The number of halogens is 6. The largest absolute Gasteiger partial charge is 0.469 e. The van der Waals surface area contributed by atoms with Crippen LogP contribution in [-0.2, 0) is 21.9 Å². The molecule has 0 unspecified atom stereocenters. The number of ether oxygens (including phenoxy) is 1. The summed E-state index contributed by atoms with van der Waals surface area (Å²) in [6.07, 6.45) is -8.19. The number of urea groups is 1. The first kappa shape index (κ1) is 22.6. The summed E-state index contributed by atoms with van der Waals surface area (Å²) in [7, 11) is 1.26. The molecule has 11 heteroatoms. The first-order chi connectivity index (χ1) is 12.4. The van der Waals surface area contributed by atoms with Gasteiger partial charge in [0, 0.05) is 18.7 Å². The monoisotopic (exact) mass is 400 g/mol. The number of carbonyl (C=O) groups excluding carboxylic acids is 2. The molecule has 152 valence electrons. The summed E-state index contributed by atoms with van der Waals surface area (Å²) in [5.74, 6) is -0.370. The second-order valence-corrected chi connectivity index (χ2v) is 5.56. The molecule has 0 aromatic heterocycles. The third-order valence-electron chi connectivity index (χ3n) is 3.42. The van der Waals surface area contributed by atoms with Crippen molar-refractivity contribution >= 4 is 17.7 Å². The number of hydrogen-bond acceptors (Lipinski definition) is 3. The molecule has 0 spiro atoms. The lowest BCUT2D eigenvalue weighted by Crippen LogP contribution is -2.29. The van der Waals surface area contributed by atoms with Crippen molar-refractivity contribution in [1.29, 1.82) is 0 Å². The van der Waals surface area contributed by atoms with Gasteiger partial charge in [-0.25, -0.2) is 4.79 Å². The van der Waals surface area contributed by atoms with Crippen LogP contribution >= 0.6 is 0 Å². The van der Waals surface area contributed by atoms with Gasteiger partial charge in [0.25, 0.3) is 0 Å². The topological polar surface area (TPSA) is 67.4 Å². The molecule has 0 bridgehead atoms. The minimum absolute atomic E-state index is 0.0234. The van der Waals surface area contributed by atoms with E-state index in [4.69, 9.17) is 0 Å². The highest BCUT2D eigenvalue weighted by atomic mass is 19.4. The summed E-state index contributed by atoms with van der Waals surface area (Å²) in [5.41, 5.74) is -3.66. The average molecular weight is 400 g/mol. The van der Waals surface area contributed by atoms with E-state index < -0.39 is 35.2 Å². The van der Waals surface area contributed by atoms with E-state index in [1.165, 1.54) is 7.11 Å². The Morgan fingerprint density at radius 3 is 1.96 bits per heavy atom. The van der Waals surface area contributed by atoms with Crippen molar-refractivity contribution in [3.05, 3.63) is 29.3 Å². The van der Waals surface area contributed by atoms with E-state index in [-0.39, 0.29) is 25.0 Å². The van der Waals surface area contributed by atoms with Crippen LogP contribution in [0.3, 0.4) is 0 Å². The zero-order valence-corrected chi connectivity index (χ0v) is 14.3. The number of hydrogen-bond donors (Lipinski definition) is 2. The lowest BCUT2D eigenvalue weighted by molar-refractivity contribution is -0.143. The second-order valence-electron chi connectivity index (χ2n) is 5.56. The van der Waals surface area contributed by atoms with E-state index in [9.17, 15) is 35.9 Å². The van der Waals surface area contributed by atoms with Crippen LogP contribution in [0.25, 0.3) is 0 Å². The predicted octanol–water partition coefficient (Wildman–Crippen LogP) is 4.58. The van der Waals surface area contributed by atoms with E-state index in [2.05, 4.69) is 10.1 Å². The highest BCUT2D eigenvalue weighted by Gasteiger charge is 2.37. The van der Waals surface area contributed by atoms with Crippen molar-refractivity contribution in [2.24, 2.45) is 0 Å². The maximum Gasteiger partial charge on any atom is 0.416 e. The molecular weight excluding hydrogens is 382 g/mol. The highest BCUT2D eigenvalue weighted by molar-refractivity contribution is 5.89. The molecule has 0 aliphatic heterocycles. The standard InChI is InChI=1S/C16H18F6N2O3/c1-27-13(25)5-3-2-4-6-23-14(26)24-12-8-10(15(17,18)19)7-11(9-12)16(20,21)22/h7-9H,2-6H2,1H3,(H2,23,24,26). The van der Waals surface area contributed by atoms with Crippen LogP contribution in [-0.4, -0.2) is 25.7 Å². The minimum Gasteiger partial charge on any atom is -0.469 e. The van der Waals surface area contributed by atoms with Crippen LogP contribution in [0.2, 0.25) is 0 Å². The zero-order chi connectivity index (χ0) is 20.7. The normalized spacial score (nSPS) is 11.8. The van der Waals surface area contributed by atoms with Gasteiger partial charge in [-0.2, -0.15) is 26.3 Å². The molecule has 0 radical (unpaired) electrons. The van der Waals surface area contributed by atoms with E-state index in [1.54, 1.807) is 0 Å². The minimum atomic E-state index is -4.99. The second kappa shape index (κ2) is 9.47. The van der Waals surface area contributed by atoms with Crippen molar-refractivity contribution < 1.29 is 40.7 Å². The molecule has 0 saturated heterocycles. The van der Waals surface area contributed by atoms with Crippen LogP contribution in [0.1, 0.15) is 36.8 Å². The number of anilines is 1. The van der Waals surface area contributed by atoms with Crippen molar-refractivity contribution in [3.8, 4) is 0 Å². The number of unbranched alkanes of at least 4 members (excludes halogenated alkanes) is 2. The molecule has 1 rings (SSSR count). The molecule has 5 nitrogen and oxygen atoms in total. The van der Waals surface area contributed by atoms with Crippen LogP contribution in [0, 0.1) is 0 Å². The zero-order valence-electron chi connectivity index (χ0n) is 14.3. The Labute approximate surface area is 151 Å². The molecule has 0 fully saturated rings. The fourth-order valence-electron chi connectivity index (χ4n) is 2.08. The number of rotatable bonds is 7. The summed E-state index contributed by atoms with van der Waals surface area (Å²) in [4.78, 5) is 22.6. The van der Waals surface area contributed by atoms with Gasteiger partial charge < -0.3 is 15.4 Å². The first-order valence-electron chi connectivity index (χ1n) is 7.84. The lowest BCUT2D eigenvalue weighted by atomic mass is 10.1. The number of nitrogens with one attached hydrogen (secondary N) is 2. The maximum atomic E-state index is 12.7. The number of carbonyl (C=O) groups is 2. The number of methoxy groups -OCH3 is 1. The van der Waals surface area contributed by atoms with Gasteiger partial charge in [-0.1, -0.05) is 6.42 Å². The number of esters is 1. The molecule has 1 aromatic carbocycles. The van der Waals surface area contributed by atoms with Crippen molar-refractivity contribution in [3.63, 3.8) is 0 Å². The van der Waals surface area contributed by atoms with Gasteiger partial charge in [-0.05, 0) is 31.0 Å². The Morgan fingerprint density at radius 1 is 0.926 bits per heavy atom. The Bertz CT molecular complexity index is 626. The molecule has 2 amide bonds. The van der Waals surface area contributed by atoms with Crippen molar-refractivity contribution in [2.75, 3.05) is 19.0 Å². The molecule has 2 N–H and O–H groups in total. The predicted molar refractivity (Wildman–Crippen MR) is 84.0 cm³/mol. The maximum absolute atomic E-state index is 12.7. The van der Waals surface area contributed by atoms with Gasteiger partial charge in [0.2, 0.25) is 0 Å². The number of alkyl halides is 6. The van der Waals surface area contributed by atoms with Gasteiger partial charge in [0.15, 0.2) is 0 Å². The van der Waals surface area contributed by atoms with Gasteiger partial charge in [0.05, 0.1) is 18.2 Å². The quantitative estimate of drug-likeness (QED) is 0.400. The smallest absolute Gasteiger partial charge is 0.416 e. The van der Waals surface area contributed by atoms with Crippen LogP contribution in [0.4, 0.5) is 36.8 Å². The van der Waals surface area contributed by atoms with E-state index in [0.717, 1.165) is 0 Å². The van der Waals surface area contributed by atoms with E-state index in [0.29, 0.717) is 31.4 Å². The van der Waals surface area contributed by atoms with Gasteiger partial charge >= 0.3 is 24.4 Å². The van der Waals surface area contributed by atoms with Crippen molar-refractivity contribution in [1.82, 2.24) is 5.32 Å². The Morgan fingerprint density at radius 2 is 1.48 bits per heavy atom. The summed E-state index contributed by atoms with van der Waals surface area (Å²) in [5, 5.41) is 4.28. The fraction of sp³-hybridized carbons (Fsp3) is 0.500. The summed E-state index contributed by atoms with van der Waals surface area (Å²) >= 11 is 0. The van der Waals surface area contributed by atoms with Gasteiger partial charge in [0.1, 0.15) is 0 Å². The molecular formula is C16H18F6N2O3. The Balaban J connectivity index is 2.62. The molecule has 1 aromatic rings. The summed E-state index contributed by atoms with van der Waals surface area (Å²) in [6, 6.07) is -0.115. The van der Waals surface area contributed by atoms with Crippen LogP contribution in [0.15, 0.2) is 18.2 Å². The van der Waals surface area contributed by atoms with Crippen LogP contribution in [0.5, 0.6) is 0 Å². The molecule has 0 aliphatic carbocycles. The third-order valence-corrected chi connectivity index (χ3v) is 3.42. The van der Waals surface area contributed by atoms with E-state index >= 15 is 0 Å². The first-order valence-corrected chi connectivity index (χ1v) is 7.84. The molecule has 0 heterocycles. The highest BCUT2D eigenvalue weighted by Crippen LogP contribution is 2.37. The summed E-state index contributed by atoms with van der Waals surface area (Å²) in [6.45, 7) is 0.137. The fourth-order valence-corrected chi connectivity index (χ4v) is 2.08. The number of amides is 2. The average Bonchev–Trinajstić information content (AvgIpc) is 2.55. The molecule has 0 aliphatic rings. The summed E-state index contributed by atoms with van der Waals surface area (Å²) < 4.78 is 80.9. The van der Waals surface area contributed by atoms with Crippen molar-refractivity contribution in [2.45, 2.75) is 38.0 Å². The van der Waals surface area contributed by atoms with Crippen LogP contribution < -0.4 is 10.6 Å². The van der Waals surface area contributed by atoms with Gasteiger partial charge in [-0.3, -0.25) is 4.79 Å². The Hall–Kier alpha value is -2.46. The molecule has 27 heavy (non-hydrogen) atoms. The molecule has 0 saturated carbocycles. The Kier molecular flexibility index (Phi) is 7.92. The van der Waals surface area contributed by atoms with Gasteiger partial charge in [-0.15, -0.1) is 0 Å². The number of benzene rings is 1. The lowest BCUT2D eigenvalue weighted by Gasteiger charge is -2.15. The SMILES string of the molecule is COC(=O)CCCCCNC(=O)Nc1cc(C(F)(F)F)cc(C(F)(F)F)c1.